The molecule has 0 heterocycles. The number of nitrogens with zero attached hydrogens (tertiary/aromatic N) is 1. The zero-order chi connectivity index (χ0) is 14.6. The molecule has 0 saturated heterocycles. The van der Waals surface area contributed by atoms with E-state index in [2.05, 4.69) is 4.84 Å². The van der Waals surface area contributed by atoms with Gasteiger partial charge in [0.05, 0.1) is 24.5 Å². The third-order valence-corrected chi connectivity index (χ3v) is 2.96. The molecule has 19 heavy (non-hydrogen) atoms. The number of carbonyl (C=O) groups is 1. The topological polar surface area (TPSA) is 64.8 Å². The Balaban J connectivity index is 3.33. The lowest BCUT2D eigenvalue weighted by Crippen LogP contribution is -2.30. The molecule has 0 aliphatic heterocycles. The van der Waals surface area contributed by atoms with E-state index in [0.717, 1.165) is 0 Å². The van der Waals surface area contributed by atoms with Crippen LogP contribution in [0, 0.1) is 4.91 Å². The Kier molecular flexibility index (Phi) is 4.47. The van der Waals surface area contributed by atoms with Gasteiger partial charge in [-0.3, -0.25) is 4.79 Å². The van der Waals surface area contributed by atoms with E-state index in [0.29, 0.717) is 16.2 Å². The zero-order valence-corrected chi connectivity index (χ0v) is 11.7. The number of benzene rings is 1. The van der Waals surface area contributed by atoms with Gasteiger partial charge in [-0.2, -0.15) is 0 Å². The average Bonchev–Trinajstić information content (AvgIpc) is 2.44. The van der Waals surface area contributed by atoms with Gasteiger partial charge in [0.15, 0.2) is 7.11 Å². The lowest BCUT2D eigenvalue weighted by atomic mass is 9.84. The predicted octanol–water partition coefficient (Wildman–Crippen LogP) is 2.12. The molecule has 1 aromatic rings. The Morgan fingerprint density at radius 3 is 2.32 bits per heavy atom. The van der Waals surface area contributed by atoms with Crippen LogP contribution in [0.2, 0.25) is 0 Å². The number of hydrogen-bond donors (Lipinski definition) is 0. The zero-order valence-electron chi connectivity index (χ0n) is 11.7. The van der Waals surface area contributed by atoms with Crippen molar-refractivity contribution < 1.29 is 24.0 Å². The van der Waals surface area contributed by atoms with Crippen LogP contribution in [0.1, 0.15) is 19.4 Å². The summed E-state index contributed by atoms with van der Waals surface area (Å²) in [5, 5.41) is 0. The van der Waals surface area contributed by atoms with Gasteiger partial charge in [0.1, 0.15) is 0 Å². The van der Waals surface area contributed by atoms with Gasteiger partial charge in [-0.15, -0.1) is 0 Å². The van der Waals surface area contributed by atoms with E-state index < -0.39 is 11.4 Å². The summed E-state index contributed by atoms with van der Waals surface area (Å²) in [5.74, 6) is -0.0280. The van der Waals surface area contributed by atoms with Crippen molar-refractivity contribution in [2.24, 2.45) is 0 Å². The van der Waals surface area contributed by atoms with Gasteiger partial charge < -0.3 is 9.47 Å². The van der Waals surface area contributed by atoms with Crippen molar-refractivity contribution in [2.75, 3.05) is 21.3 Å². The minimum absolute atomic E-state index is 0.194. The number of rotatable bonds is 5. The van der Waals surface area contributed by atoms with Crippen LogP contribution in [0.15, 0.2) is 18.2 Å². The van der Waals surface area contributed by atoms with E-state index in [9.17, 15) is 9.70 Å². The standard InChI is InChI=1S/C13H18NO5/c1-13(2,12(15)18-4)9-6-7-11(17-3)10(8-9)14(16)19-5/h6-8H,1-5H3/q+1. The fourth-order valence-electron chi connectivity index (χ4n) is 1.69. The molecule has 0 unspecified atom stereocenters. The number of ether oxygens (including phenoxy) is 2. The van der Waals surface area contributed by atoms with E-state index >= 15 is 0 Å². The molecule has 0 atom stereocenters. The first-order valence-electron chi connectivity index (χ1n) is 5.66. The molecule has 6 nitrogen and oxygen atoms in total. The third-order valence-electron chi connectivity index (χ3n) is 2.96. The van der Waals surface area contributed by atoms with Crippen molar-refractivity contribution >= 4 is 11.7 Å². The molecular weight excluding hydrogens is 250 g/mol. The van der Waals surface area contributed by atoms with Gasteiger partial charge in [0.2, 0.25) is 5.75 Å². The Bertz CT molecular complexity index is 496. The maximum absolute atomic E-state index is 11.8. The number of hydrogen-bond acceptors (Lipinski definition) is 5. The van der Waals surface area contributed by atoms with Gasteiger partial charge >= 0.3 is 11.7 Å². The van der Waals surface area contributed by atoms with Gasteiger partial charge in [-0.05, 0) is 25.5 Å². The lowest BCUT2D eigenvalue weighted by Gasteiger charge is -2.21. The molecule has 0 saturated carbocycles. The minimum atomic E-state index is -0.871. The monoisotopic (exact) mass is 268 g/mol. The van der Waals surface area contributed by atoms with Crippen molar-refractivity contribution in [1.29, 1.82) is 0 Å². The lowest BCUT2D eigenvalue weighted by molar-refractivity contribution is -0.736. The summed E-state index contributed by atoms with van der Waals surface area (Å²) >= 11 is 0. The molecule has 0 radical (unpaired) electrons. The quantitative estimate of drug-likeness (QED) is 0.604. The maximum atomic E-state index is 11.8. The average molecular weight is 268 g/mol. The smallest absolute Gasteiger partial charge is 0.358 e. The Labute approximate surface area is 111 Å². The predicted molar refractivity (Wildman–Crippen MR) is 68.3 cm³/mol. The van der Waals surface area contributed by atoms with Crippen LogP contribution in [-0.4, -0.2) is 32.2 Å². The summed E-state index contributed by atoms with van der Waals surface area (Å²) < 4.78 is 9.84. The van der Waals surface area contributed by atoms with Gasteiger partial charge in [0, 0.05) is 6.07 Å². The minimum Gasteiger partial charge on any atom is -0.490 e. The molecule has 0 amide bonds. The third kappa shape index (κ3) is 2.83. The van der Waals surface area contributed by atoms with E-state index in [-0.39, 0.29) is 5.69 Å². The van der Waals surface area contributed by atoms with Gasteiger partial charge in [-0.1, -0.05) is 6.07 Å². The second-order valence-electron chi connectivity index (χ2n) is 4.44. The van der Waals surface area contributed by atoms with Crippen LogP contribution in [0.3, 0.4) is 0 Å². The summed E-state index contributed by atoms with van der Waals surface area (Å²) in [6, 6.07) is 4.87. The first-order valence-corrected chi connectivity index (χ1v) is 5.66. The van der Waals surface area contributed by atoms with Crippen LogP contribution in [-0.2, 0) is 19.8 Å². The van der Waals surface area contributed by atoms with Crippen LogP contribution in [0.25, 0.3) is 0 Å². The SMILES string of the molecule is COC(=O)C(C)(C)c1ccc(OC)c([N+](=O)OC)c1. The van der Waals surface area contributed by atoms with Crippen molar-refractivity contribution in [3.8, 4) is 5.75 Å². The molecule has 0 fully saturated rings. The summed E-state index contributed by atoms with van der Waals surface area (Å²) in [6.07, 6.45) is 0. The first kappa shape index (κ1) is 14.9. The molecular formula is C13H18NO5+. The van der Waals surface area contributed by atoms with Gasteiger partial charge in [0.25, 0.3) is 4.92 Å². The van der Waals surface area contributed by atoms with E-state index in [1.165, 1.54) is 21.3 Å². The normalized spacial score (nSPS) is 10.8. The summed E-state index contributed by atoms with van der Waals surface area (Å²) in [5.41, 5.74) is -0.0443. The molecule has 0 spiro atoms. The van der Waals surface area contributed by atoms with Crippen LogP contribution < -0.4 is 4.74 Å². The number of esters is 1. The molecule has 1 rings (SSSR count). The molecule has 0 aliphatic rings. The number of methoxy groups -OCH3 is 2. The summed E-state index contributed by atoms with van der Waals surface area (Å²) in [4.78, 5) is 28.3. The molecule has 0 aromatic heterocycles. The van der Waals surface area contributed by atoms with Crippen LogP contribution in [0.5, 0.6) is 5.75 Å². The van der Waals surface area contributed by atoms with Crippen molar-refractivity contribution in [2.45, 2.75) is 19.3 Å². The van der Waals surface area contributed by atoms with Crippen LogP contribution in [0.4, 0.5) is 5.69 Å². The van der Waals surface area contributed by atoms with Gasteiger partial charge in [-0.25, -0.2) is 4.84 Å². The van der Waals surface area contributed by atoms with Crippen LogP contribution >= 0.6 is 0 Å². The molecule has 0 bridgehead atoms. The van der Waals surface area contributed by atoms with Crippen molar-refractivity contribution in [1.82, 2.24) is 0 Å². The molecule has 104 valence electrons. The Morgan fingerprint density at radius 2 is 1.84 bits per heavy atom. The molecule has 6 heteroatoms. The Morgan fingerprint density at radius 1 is 1.21 bits per heavy atom. The fourth-order valence-corrected chi connectivity index (χ4v) is 1.69. The first-order chi connectivity index (χ1) is 8.88. The maximum Gasteiger partial charge on any atom is 0.358 e. The molecule has 1 aromatic carbocycles. The number of carbonyl (C=O) groups excluding carboxylic acids is 1. The highest BCUT2D eigenvalue weighted by atomic mass is 16.8. The highest BCUT2D eigenvalue weighted by Crippen LogP contribution is 2.33. The van der Waals surface area contributed by atoms with E-state index in [4.69, 9.17) is 9.47 Å². The largest absolute Gasteiger partial charge is 0.490 e. The summed E-state index contributed by atoms with van der Waals surface area (Å²) in [7, 11) is 4.03. The highest BCUT2D eigenvalue weighted by Gasteiger charge is 2.34. The van der Waals surface area contributed by atoms with E-state index in [1.54, 1.807) is 32.0 Å². The highest BCUT2D eigenvalue weighted by molar-refractivity contribution is 5.82. The second kappa shape index (κ2) is 5.69. The second-order valence-corrected chi connectivity index (χ2v) is 4.44. The molecule has 0 aliphatic carbocycles. The van der Waals surface area contributed by atoms with E-state index in [1.807, 2.05) is 0 Å². The Hall–Kier alpha value is -2.11. The molecule has 0 N–H and O–H groups in total. The summed E-state index contributed by atoms with van der Waals surface area (Å²) in [6.45, 7) is 3.43. The van der Waals surface area contributed by atoms with Crippen molar-refractivity contribution in [3.05, 3.63) is 28.7 Å². The van der Waals surface area contributed by atoms with Crippen molar-refractivity contribution in [3.63, 3.8) is 0 Å². The fraction of sp³-hybridized carbons (Fsp3) is 0.462.